The zero-order chi connectivity index (χ0) is 32.4. The number of rotatable bonds is 8. The Morgan fingerprint density at radius 3 is 2.37 bits per heavy atom. The molecule has 2 saturated heterocycles. The Bertz CT molecular complexity index is 1730. The van der Waals surface area contributed by atoms with Crippen LogP contribution >= 0.6 is 11.6 Å². The monoisotopic (exact) mass is 646 g/mol. The van der Waals surface area contributed by atoms with E-state index >= 15 is 0 Å². The van der Waals surface area contributed by atoms with E-state index in [1.165, 1.54) is 6.07 Å². The van der Waals surface area contributed by atoms with Gasteiger partial charge in [-0.2, -0.15) is 5.23 Å². The Balaban J connectivity index is 1.18. The van der Waals surface area contributed by atoms with Crippen LogP contribution in [0.5, 0.6) is 5.75 Å². The molecule has 6 rings (SSSR count). The van der Waals surface area contributed by atoms with Crippen LogP contribution in [0.3, 0.4) is 0 Å². The van der Waals surface area contributed by atoms with Crippen LogP contribution in [0, 0.1) is 12.1 Å². The molecule has 0 saturated carbocycles. The second-order valence-corrected chi connectivity index (χ2v) is 11.7. The minimum absolute atomic E-state index is 0.114. The molecule has 12 nitrogen and oxygen atoms in total. The number of ether oxygens (including phenoxy) is 1. The van der Waals surface area contributed by atoms with E-state index in [4.69, 9.17) is 20.9 Å². The number of carbonyl (C=O) groups excluding carboxylic acids is 2. The van der Waals surface area contributed by atoms with Crippen LogP contribution in [-0.4, -0.2) is 73.5 Å². The topological polar surface area (TPSA) is 139 Å². The highest BCUT2D eigenvalue weighted by molar-refractivity contribution is 6.33. The maximum absolute atomic E-state index is 13.7. The number of nitrogens with one attached hydrogen (secondary N) is 2. The standard InChI is InChI=1S/C33H35ClN6O6/c1-21-30(31(36-46-21)24-7-3-4-8-29(24)45-2)33(42)39-17-15-38(16-18-39)27-20-26(28(40(43)44)19-25(27)34)35-32(41)22-9-11-23(12-10-22)37-13-5-6-14-37/h3-4,7-12,19-20,40,43H,5-6,13-18H2,1-2H3,(H,35,41). The lowest BCUT2D eigenvalue weighted by Gasteiger charge is -2.36. The van der Waals surface area contributed by atoms with Gasteiger partial charge in [0, 0.05) is 62.1 Å². The number of para-hydroxylation sites is 1. The van der Waals surface area contributed by atoms with Crippen LogP contribution in [0.25, 0.3) is 11.3 Å². The summed E-state index contributed by atoms with van der Waals surface area (Å²) in [4.78, 5) is 32.9. The van der Waals surface area contributed by atoms with E-state index in [2.05, 4.69) is 15.4 Å². The minimum Gasteiger partial charge on any atom is -0.595 e. The Hall–Kier alpha value is -4.62. The van der Waals surface area contributed by atoms with Crippen LogP contribution in [0.2, 0.25) is 5.02 Å². The predicted octanol–water partition coefficient (Wildman–Crippen LogP) is 4.53. The van der Waals surface area contributed by atoms with Gasteiger partial charge in [0.1, 0.15) is 28.5 Å². The smallest absolute Gasteiger partial charge is 0.259 e. The molecule has 3 aromatic carbocycles. The fourth-order valence-electron chi connectivity index (χ4n) is 6.03. The van der Waals surface area contributed by atoms with E-state index < -0.39 is 11.1 Å². The zero-order valence-corrected chi connectivity index (χ0v) is 26.3. The Morgan fingerprint density at radius 1 is 1.00 bits per heavy atom. The molecule has 0 spiro atoms. The van der Waals surface area contributed by atoms with Crippen molar-refractivity contribution in [3.05, 3.63) is 87.8 Å². The SMILES string of the molecule is COc1ccccc1-c1noc(C)c1C(=O)N1CCN(c2cc(NC(=O)c3ccc(N4CCCC4)cc3)c([NH+]([O-])O)cc2Cl)CC1. The summed E-state index contributed by atoms with van der Waals surface area (Å²) in [5.41, 5.74) is 3.51. The van der Waals surface area contributed by atoms with E-state index in [0.717, 1.165) is 31.6 Å². The summed E-state index contributed by atoms with van der Waals surface area (Å²) in [5, 5.41) is 28.0. The maximum Gasteiger partial charge on any atom is 0.259 e. The summed E-state index contributed by atoms with van der Waals surface area (Å²) < 4.78 is 10.9. The molecule has 0 aliphatic carbocycles. The molecule has 0 bridgehead atoms. The van der Waals surface area contributed by atoms with Gasteiger partial charge in [-0.15, -0.1) is 0 Å². The van der Waals surface area contributed by atoms with E-state index in [1.54, 1.807) is 43.2 Å². The van der Waals surface area contributed by atoms with Crippen molar-refractivity contribution in [1.29, 1.82) is 0 Å². The van der Waals surface area contributed by atoms with Gasteiger partial charge in [0.2, 0.25) is 0 Å². The number of amides is 2. The molecule has 1 aromatic heterocycles. The molecule has 1 unspecified atom stereocenters. The maximum atomic E-state index is 13.7. The normalized spacial score (nSPS) is 15.6. The highest BCUT2D eigenvalue weighted by Gasteiger charge is 2.31. The molecule has 3 heterocycles. The Kier molecular flexibility index (Phi) is 9.13. The van der Waals surface area contributed by atoms with E-state index in [-0.39, 0.29) is 22.3 Å². The van der Waals surface area contributed by atoms with Crippen molar-refractivity contribution < 1.29 is 29.3 Å². The number of benzene rings is 3. The van der Waals surface area contributed by atoms with Crippen LogP contribution in [0.4, 0.5) is 22.7 Å². The molecule has 0 radical (unpaired) electrons. The van der Waals surface area contributed by atoms with Gasteiger partial charge in [-0.3, -0.25) is 9.59 Å². The third-order valence-corrected chi connectivity index (χ3v) is 8.82. The molecule has 240 valence electrons. The van der Waals surface area contributed by atoms with Crippen LogP contribution in [0.1, 0.15) is 39.3 Å². The molecule has 2 aliphatic heterocycles. The van der Waals surface area contributed by atoms with Crippen molar-refractivity contribution in [2.24, 2.45) is 0 Å². The van der Waals surface area contributed by atoms with Crippen molar-refractivity contribution in [3.8, 4) is 17.0 Å². The first-order valence-corrected chi connectivity index (χ1v) is 15.5. The predicted molar refractivity (Wildman–Crippen MR) is 174 cm³/mol. The van der Waals surface area contributed by atoms with Crippen molar-refractivity contribution >= 4 is 46.2 Å². The lowest BCUT2D eigenvalue weighted by Crippen LogP contribution is -2.99. The van der Waals surface area contributed by atoms with Crippen molar-refractivity contribution in [1.82, 2.24) is 10.1 Å². The van der Waals surface area contributed by atoms with E-state index in [0.29, 0.717) is 65.8 Å². The van der Waals surface area contributed by atoms with Crippen LogP contribution in [-0.2, 0) is 0 Å². The second kappa shape index (κ2) is 13.4. The van der Waals surface area contributed by atoms with Gasteiger partial charge in [0.15, 0.2) is 5.69 Å². The number of quaternary nitrogens is 1. The number of methoxy groups -OCH3 is 1. The quantitative estimate of drug-likeness (QED) is 0.236. The van der Waals surface area contributed by atoms with Gasteiger partial charge < -0.3 is 34.5 Å². The van der Waals surface area contributed by atoms with Crippen LogP contribution < -0.4 is 25.1 Å². The number of nitrogens with zero attached hydrogens (tertiary/aromatic N) is 4. The first-order chi connectivity index (χ1) is 22.2. The summed E-state index contributed by atoms with van der Waals surface area (Å²) in [7, 11) is 1.56. The van der Waals surface area contributed by atoms with Crippen LogP contribution in [0.15, 0.2) is 65.2 Å². The van der Waals surface area contributed by atoms with Gasteiger partial charge in [-0.05, 0) is 62.2 Å². The zero-order valence-electron chi connectivity index (χ0n) is 25.6. The average molecular weight is 647 g/mol. The van der Waals surface area contributed by atoms with Gasteiger partial charge in [0.05, 0.1) is 17.8 Å². The van der Waals surface area contributed by atoms with Gasteiger partial charge in [0.25, 0.3) is 11.8 Å². The van der Waals surface area contributed by atoms with Gasteiger partial charge in [-0.25, -0.2) is 5.21 Å². The molecular formula is C33H35ClN6O6. The minimum atomic E-state index is -1.21. The third-order valence-electron chi connectivity index (χ3n) is 8.51. The Morgan fingerprint density at radius 2 is 1.70 bits per heavy atom. The van der Waals surface area contributed by atoms with Crippen molar-refractivity contribution in [3.63, 3.8) is 0 Å². The third kappa shape index (κ3) is 6.24. The first kappa shape index (κ1) is 31.4. The number of carbonyl (C=O) groups is 2. The lowest BCUT2D eigenvalue weighted by molar-refractivity contribution is -0.990. The molecule has 2 aliphatic rings. The summed E-state index contributed by atoms with van der Waals surface area (Å²) in [6, 6.07) is 17.6. The van der Waals surface area contributed by atoms with E-state index in [9.17, 15) is 20.0 Å². The number of halogens is 1. The number of aryl methyl sites for hydroxylation is 1. The van der Waals surface area contributed by atoms with Gasteiger partial charge >= 0.3 is 0 Å². The molecule has 3 N–H and O–H groups in total. The Labute approximate surface area is 271 Å². The lowest BCUT2D eigenvalue weighted by atomic mass is 10.0. The van der Waals surface area contributed by atoms with Gasteiger partial charge in [-0.1, -0.05) is 28.9 Å². The van der Waals surface area contributed by atoms with Crippen molar-refractivity contribution in [2.75, 3.05) is 61.5 Å². The fraction of sp³-hybridized carbons (Fsp3) is 0.303. The highest BCUT2D eigenvalue weighted by atomic mass is 35.5. The fourth-order valence-corrected chi connectivity index (χ4v) is 6.32. The first-order valence-electron chi connectivity index (χ1n) is 15.1. The number of hydrogen-bond acceptors (Lipinski definition) is 9. The number of anilines is 3. The average Bonchev–Trinajstić information content (AvgIpc) is 3.75. The second-order valence-electron chi connectivity index (χ2n) is 11.3. The molecule has 2 amide bonds. The molecule has 4 aromatic rings. The number of hydrogen-bond donors (Lipinski definition) is 3. The largest absolute Gasteiger partial charge is 0.595 e. The summed E-state index contributed by atoms with van der Waals surface area (Å²) >= 11 is 6.59. The number of piperazine rings is 1. The van der Waals surface area contributed by atoms with Crippen molar-refractivity contribution in [2.45, 2.75) is 19.8 Å². The molecule has 13 heteroatoms. The van der Waals surface area contributed by atoms with E-state index in [1.807, 2.05) is 35.2 Å². The molecular weight excluding hydrogens is 612 g/mol. The molecule has 1 atom stereocenters. The molecule has 46 heavy (non-hydrogen) atoms. The summed E-state index contributed by atoms with van der Waals surface area (Å²) in [6.07, 6.45) is 2.30. The summed E-state index contributed by atoms with van der Waals surface area (Å²) in [5.74, 6) is 0.354. The number of aromatic nitrogens is 1. The highest BCUT2D eigenvalue weighted by Crippen LogP contribution is 2.36. The summed E-state index contributed by atoms with van der Waals surface area (Å²) in [6.45, 7) is 5.29. The molecule has 2 fully saturated rings.